The molecular formula is C26H28ClF3N6OS. The highest BCUT2D eigenvalue weighted by atomic mass is 35.5. The van der Waals surface area contributed by atoms with Crippen LogP contribution in [0.25, 0.3) is 0 Å². The van der Waals surface area contributed by atoms with E-state index in [9.17, 15) is 13.2 Å². The molecule has 0 spiro atoms. The Morgan fingerprint density at radius 3 is 2.37 bits per heavy atom. The molecule has 1 N–H and O–H groups in total. The number of nitrogens with zero attached hydrogens (tertiary/aromatic N) is 5. The number of ether oxygens (including phenoxy) is 1. The lowest BCUT2D eigenvalue weighted by atomic mass is 9.85. The van der Waals surface area contributed by atoms with Gasteiger partial charge in [0.15, 0.2) is 5.11 Å². The molecule has 1 aliphatic heterocycles. The van der Waals surface area contributed by atoms with Crippen molar-refractivity contribution in [2.24, 2.45) is 10.4 Å². The smallest absolute Gasteiger partial charge is 0.416 e. The summed E-state index contributed by atoms with van der Waals surface area (Å²) < 4.78 is 48.2. The average Bonchev–Trinajstić information content (AvgIpc) is 3.42. The first-order valence-electron chi connectivity index (χ1n) is 11.8. The van der Waals surface area contributed by atoms with Crippen molar-refractivity contribution in [1.82, 2.24) is 20.1 Å². The van der Waals surface area contributed by atoms with Crippen LogP contribution in [-0.2, 0) is 6.18 Å². The Morgan fingerprint density at radius 2 is 1.79 bits per heavy atom. The van der Waals surface area contributed by atoms with Gasteiger partial charge < -0.3 is 15.0 Å². The number of hydrogen-bond acceptors (Lipinski definition) is 5. The number of anilines is 1. The Balaban J connectivity index is 1.76. The SMILES string of the molecule is CC(C)(C)[C@H](N=C1NC(=S)N(c2cccc(C(F)(F)F)c2)C1(C)C)[C@H](Oc1ccc(Cl)cc1)n1cncn1. The normalized spacial score (nSPS) is 18.4. The maximum absolute atomic E-state index is 13.4. The number of aliphatic imine (C=N–C) groups is 1. The molecule has 12 heteroatoms. The van der Waals surface area contributed by atoms with Gasteiger partial charge in [0.25, 0.3) is 0 Å². The van der Waals surface area contributed by atoms with Crippen LogP contribution in [0.2, 0.25) is 5.02 Å². The summed E-state index contributed by atoms with van der Waals surface area (Å²) >= 11 is 11.6. The summed E-state index contributed by atoms with van der Waals surface area (Å²) in [5, 5.41) is 8.26. The number of rotatable bonds is 6. The lowest BCUT2D eigenvalue weighted by molar-refractivity contribution is -0.137. The number of halogens is 4. The standard InChI is InChI=1S/C26H28ClF3N6OS/c1-24(2,3)20(21(35-15-31-14-32-35)37-19-11-9-17(27)10-12-19)33-22-25(4,5)36(23(38)34-22)18-8-6-7-16(13-18)26(28,29)30/h6-15,20-21H,1-5H3,(H,33,34,38)/t20-,21+/m1/s1. The minimum Gasteiger partial charge on any atom is -0.466 e. The second-order valence-corrected chi connectivity index (χ2v) is 11.3. The molecule has 2 atom stereocenters. The highest BCUT2D eigenvalue weighted by Crippen LogP contribution is 2.38. The van der Waals surface area contributed by atoms with Crippen LogP contribution in [0, 0.1) is 5.41 Å². The number of amidine groups is 1. The van der Waals surface area contributed by atoms with Crippen molar-refractivity contribution in [1.29, 1.82) is 0 Å². The van der Waals surface area contributed by atoms with E-state index in [0.717, 1.165) is 12.1 Å². The molecule has 0 bridgehead atoms. The number of nitrogens with one attached hydrogen (secondary N) is 1. The van der Waals surface area contributed by atoms with Crippen LogP contribution >= 0.6 is 23.8 Å². The van der Waals surface area contributed by atoms with Crippen LogP contribution in [0.4, 0.5) is 18.9 Å². The second-order valence-electron chi connectivity index (χ2n) is 10.5. The van der Waals surface area contributed by atoms with Crippen molar-refractivity contribution in [3.63, 3.8) is 0 Å². The highest BCUT2D eigenvalue weighted by Gasteiger charge is 2.45. The fraction of sp³-hybridized carbons (Fsp3) is 0.385. The molecule has 1 aromatic heterocycles. The number of aromatic nitrogens is 3. The fourth-order valence-electron chi connectivity index (χ4n) is 4.21. The van der Waals surface area contributed by atoms with E-state index in [1.54, 1.807) is 46.2 Å². The van der Waals surface area contributed by atoms with Crippen LogP contribution in [-0.4, -0.2) is 37.3 Å². The van der Waals surface area contributed by atoms with Crippen molar-refractivity contribution in [2.45, 2.75) is 58.6 Å². The zero-order chi connectivity index (χ0) is 27.9. The molecule has 2 heterocycles. The van der Waals surface area contributed by atoms with E-state index >= 15 is 0 Å². The molecule has 1 fully saturated rings. The van der Waals surface area contributed by atoms with Gasteiger partial charge in [0.1, 0.15) is 30.3 Å². The molecule has 2 aromatic carbocycles. The number of thiocarbonyl (C=S) groups is 1. The first-order chi connectivity index (χ1) is 17.7. The van der Waals surface area contributed by atoms with Crippen LogP contribution in [0.15, 0.2) is 66.2 Å². The predicted molar refractivity (Wildman–Crippen MR) is 146 cm³/mol. The largest absolute Gasteiger partial charge is 0.466 e. The van der Waals surface area contributed by atoms with Gasteiger partial charge in [-0.15, -0.1) is 0 Å². The fourth-order valence-corrected chi connectivity index (χ4v) is 4.77. The molecule has 202 valence electrons. The van der Waals surface area contributed by atoms with E-state index in [2.05, 4.69) is 15.4 Å². The van der Waals surface area contributed by atoms with E-state index in [0.29, 0.717) is 22.3 Å². The van der Waals surface area contributed by atoms with E-state index in [4.69, 9.17) is 33.5 Å². The Labute approximate surface area is 229 Å². The lowest BCUT2D eigenvalue weighted by Crippen LogP contribution is -2.46. The number of benzene rings is 2. The zero-order valence-corrected chi connectivity index (χ0v) is 23.1. The minimum atomic E-state index is -4.48. The monoisotopic (exact) mass is 564 g/mol. The van der Waals surface area contributed by atoms with Crippen molar-refractivity contribution < 1.29 is 17.9 Å². The van der Waals surface area contributed by atoms with E-state index in [-0.39, 0.29) is 5.11 Å². The Morgan fingerprint density at radius 1 is 1.11 bits per heavy atom. The molecule has 38 heavy (non-hydrogen) atoms. The van der Waals surface area contributed by atoms with Crippen LogP contribution in [0.1, 0.15) is 46.4 Å². The minimum absolute atomic E-state index is 0.247. The van der Waals surface area contributed by atoms with Gasteiger partial charge in [-0.3, -0.25) is 4.99 Å². The summed E-state index contributed by atoms with van der Waals surface area (Å²) in [4.78, 5) is 10.8. The Kier molecular flexibility index (Phi) is 7.46. The maximum Gasteiger partial charge on any atom is 0.416 e. The summed E-state index contributed by atoms with van der Waals surface area (Å²) in [5.41, 5.74) is -1.78. The van der Waals surface area contributed by atoms with Crippen LogP contribution in [0.3, 0.4) is 0 Å². The highest BCUT2D eigenvalue weighted by molar-refractivity contribution is 7.80. The summed E-state index contributed by atoms with van der Waals surface area (Å²) in [5.74, 6) is 1.05. The molecule has 0 aliphatic carbocycles. The molecule has 4 rings (SSSR count). The zero-order valence-electron chi connectivity index (χ0n) is 21.5. The van der Waals surface area contributed by atoms with Gasteiger partial charge in [-0.25, -0.2) is 9.67 Å². The van der Waals surface area contributed by atoms with Gasteiger partial charge >= 0.3 is 6.18 Å². The lowest BCUT2D eigenvalue weighted by Gasteiger charge is -2.36. The van der Waals surface area contributed by atoms with Crippen molar-refractivity contribution in [2.75, 3.05) is 4.90 Å². The first kappa shape index (κ1) is 27.8. The summed E-state index contributed by atoms with van der Waals surface area (Å²) in [6.45, 7) is 9.75. The molecule has 0 saturated carbocycles. The number of alkyl halides is 3. The molecule has 1 aliphatic rings. The third-order valence-electron chi connectivity index (χ3n) is 6.19. The van der Waals surface area contributed by atoms with Crippen molar-refractivity contribution in [3.05, 3.63) is 71.8 Å². The Hall–Kier alpha value is -3.18. The molecule has 7 nitrogen and oxygen atoms in total. The molecule has 1 saturated heterocycles. The molecule has 0 unspecified atom stereocenters. The van der Waals surface area contributed by atoms with Crippen LogP contribution in [0.5, 0.6) is 5.75 Å². The van der Waals surface area contributed by atoms with Crippen molar-refractivity contribution >= 4 is 40.5 Å². The van der Waals surface area contributed by atoms with Gasteiger partial charge in [-0.05, 0) is 73.9 Å². The molecule has 0 amide bonds. The van der Waals surface area contributed by atoms with E-state index < -0.39 is 35.0 Å². The third-order valence-corrected chi connectivity index (χ3v) is 6.73. The topological polar surface area (TPSA) is 67.6 Å². The number of hydrogen-bond donors (Lipinski definition) is 1. The predicted octanol–water partition coefficient (Wildman–Crippen LogP) is 6.51. The third kappa shape index (κ3) is 5.78. The van der Waals surface area contributed by atoms with Gasteiger partial charge in [0, 0.05) is 10.7 Å². The van der Waals surface area contributed by atoms with Gasteiger partial charge in [-0.1, -0.05) is 38.4 Å². The van der Waals surface area contributed by atoms with E-state index in [1.165, 1.54) is 12.4 Å². The summed E-state index contributed by atoms with van der Waals surface area (Å²) in [6.07, 6.45) is -2.23. The van der Waals surface area contributed by atoms with E-state index in [1.807, 2.05) is 34.6 Å². The summed E-state index contributed by atoms with van der Waals surface area (Å²) in [6, 6.07) is 11.5. The first-order valence-corrected chi connectivity index (χ1v) is 12.6. The van der Waals surface area contributed by atoms with Gasteiger partial charge in [0.05, 0.1) is 11.1 Å². The quantitative estimate of drug-likeness (QED) is 0.344. The second kappa shape index (κ2) is 10.2. The molecular weight excluding hydrogens is 537 g/mol. The van der Waals surface area contributed by atoms with Gasteiger partial charge in [0.2, 0.25) is 6.23 Å². The van der Waals surface area contributed by atoms with Crippen molar-refractivity contribution in [3.8, 4) is 5.75 Å². The molecule has 0 radical (unpaired) electrons. The summed E-state index contributed by atoms with van der Waals surface area (Å²) in [7, 11) is 0. The maximum atomic E-state index is 13.4. The Bertz CT molecular complexity index is 1320. The van der Waals surface area contributed by atoms with Crippen LogP contribution < -0.4 is 15.0 Å². The molecule has 3 aromatic rings. The van der Waals surface area contributed by atoms with Gasteiger partial charge in [-0.2, -0.15) is 18.3 Å². The average molecular weight is 565 g/mol.